The first-order chi connectivity index (χ1) is 3.70. The summed E-state index contributed by atoms with van der Waals surface area (Å²) in [7, 11) is 0. The van der Waals surface area contributed by atoms with Crippen LogP contribution in [0.4, 0.5) is 0 Å². The van der Waals surface area contributed by atoms with Crippen molar-refractivity contribution in [2.24, 2.45) is 11.8 Å². The fourth-order valence-electron chi connectivity index (χ4n) is 1.17. The van der Waals surface area contributed by atoms with E-state index in [1.807, 2.05) is 6.92 Å². The summed E-state index contributed by atoms with van der Waals surface area (Å²) in [5, 5.41) is 8.88. The summed E-state index contributed by atoms with van der Waals surface area (Å²) in [4.78, 5) is 0. The van der Waals surface area contributed by atoms with Gasteiger partial charge in [-0.3, -0.25) is 0 Å². The molecule has 3 atom stereocenters. The molecule has 2 unspecified atom stereocenters. The highest BCUT2D eigenvalue weighted by Gasteiger charge is 2.32. The number of rotatable bonds is 2. The molecule has 0 amide bonds. The Labute approximate surface area is 50.7 Å². The van der Waals surface area contributed by atoms with Crippen molar-refractivity contribution >= 4 is 0 Å². The summed E-state index contributed by atoms with van der Waals surface area (Å²) in [6.45, 7) is 4.11. The summed E-state index contributed by atoms with van der Waals surface area (Å²) in [5.74, 6) is 1.74. The minimum atomic E-state index is -0.0788. The predicted molar refractivity (Wildman–Crippen MR) is 33.6 cm³/mol. The molecule has 48 valence electrons. The van der Waals surface area contributed by atoms with Gasteiger partial charge in [-0.25, -0.2) is 0 Å². The summed E-state index contributed by atoms with van der Waals surface area (Å²) < 4.78 is 0. The molecule has 0 aromatic rings. The Hall–Kier alpha value is -0.0400. The molecule has 0 aromatic carbocycles. The molecule has 1 fully saturated rings. The lowest BCUT2D eigenvalue weighted by atomic mass is 10.2. The first-order valence-corrected chi connectivity index (χ1v) is 3.38. The first-order valence-electron chi connectivity index (χ1n) is 3.38. The topological polar surface area (TPSA) is 20.2 Å². The third-order valence-corrected chi connectivity index (χ3v) is 1.92. The van der Waals surface area contributed by atoms with Gasteiger partial charge in [0.05, 0.1) is 6.10 Å². The van der Waals surface area contributed by atoms with Crippen LogP contribution in [0.5, 0.6) is 0 Å². The molecule has 0 saturated heterocycles. The Bertz CT molecular complexity index is 78.5. The fraction of sp³-hybridized carbons (Fsp3) is 1.00. The van der Waals surface area contributed by atoms with E-state index in [0.29, 0.717) is 0 Å². The summed E-state index contributed by atoms with van der Waals surface area (Å²) >= 11 is 0. The molecule has 1 N–H and O–H groups in total. The highest BCUT2D eigenvalue weighted by molar-refractivity contribution is 4.83. The smallest absolute Gasteiger partial charge is 0.0514 e. The molecule has 8 heavy (non-hydrogen) atoms. The van der Waals surface area contributed by atoms with Crippen LogP contribution in [0.25, 0.3) is 0 Å². The average molecular weight is 114 g/mol. The number of aliphatic hydroxyl groups excluding tert-OH is 1. The van der Waals surface area contributed by atoms with Crippen LogP contribution in [0.3, 0.4) is 0 Å². The van der Waals surface area contributed by atoms with Crippen molar-refractivity contribution in [2.45, 2.75) is 32.8 Å². The van der Waals surface area contributed by atoms with Crippen molar-refractivity contribution < 1.29 is 5.11 Å². The quantitative estimate of drug-likeness (QED) is 0.575. The molecular formula is C7H14O. The zero-order valence-corrected chi connectivity index (χ0v) is 5.59. The molecule has 1 rings (SSSR count). The molecule has 0 aliphatic heterocycles. The number of hydrogen-bond acceptors (Lipinski definition) is 1. The normalized spacial score (nSPS) is 39.4. The van der Waals surface area contributed by atoms with Gasteiger partial charge in [0, 0.05) is 0 Å². The van der Waals surface area contributed by atoms with E-state index in [4.69, 9.17) is 5.11 Å². The Morgan fingerprint density at radius 2 is 2.25 bits per heavy atom. The summed E-state index contributed by atoms with van der Waals surface area (Å²) in [5.41, 5.74) is 0. The van der Waals surface area contributed by atoms with Gasteiger partial charge in [0.15, 0.2) is 0 Å². The summed E-state index contributed by atoms with van der Waals surface area (Å²) in [6, 6.07) is 0. The fourth-order valence-corrected chi connectivity index (χ4v) is 1.17. The lowest BCUT2D eigenvalue weighted by Crippen LogP contribution is -2.00. The average Bonchev–Trinajstić information content (AvgIpc) is 2.17. The van der Waals surface area contributed by atoms with Crippen molar-refractivity contribution in [1.29, 1.82) is 0 Å². The van der Waals surface area contributed by atoms with Crippen LogP contribution in [0, 0.1) is 11.8 Å². The monoisotopic (exact) mass is 114 g/mol. The van der Waals surface area contributed by atoms with Gasteiger partial charge in [-0.05, 0) is 31.6 Å². The van der Waals surface area contributed by atoms with Gasteiger partial charge in [-0.1, -0.05) is 6.92 Å². The van der Waals surface area contributed by atoms with E-state index in [-0.39, 0.29) is 6.10 Å². The van der Waals surface area contributed by atoms with Gasteiger partial charge in [0.25, 0.3) is 0 Å². The van der Waals surface area contributed by atoms with Crippen LogP contribution in [-0.4, -0.2) is 11.2 Å². The second-order valence-electron chi connectivity index (χ2n) is 3.06. The van der Waals surface area contributed by atoms with E-state index in [1.54, 1.807) is 0 Å². The molecule has 0 bridgehead atoms. The maximum absolute atomic E-state index is 8.88. The number of aliphatic hydroxyl groups is 1. The molecular weight excluding hydrogens is 100 g/mol. The second kappa shape index (κ2) is 2.06. The molecule has 0 spiro atoms. The molecule has 1 aliphatic rings. The lowest BCUT2D eigenvalue weighted by molar-refractivity contribution is 0.175. The van der Waals surface area contributed by atoms with Crippen LogP contribution in [0.2, 0.25) is 0 Å². The second-order valence-corrected chi connectivity index (χ2v) is 3.06. The Kier molecular flexibility index (Phi) is 1.57. The Morgan fingerprint density at radius 1 is 1.75 bits per heavy atom. The van der Waals surface area contributed by atoms with E-state index < -0.39 is 0 Å². The van der Waals surface area contributed by atoms with Crippen LogP contribution < -0.4 is 0 Å². The van der Waals surface area contributed by atoms with Gasteiger partial charge in [-0.15, -0.1) is 0 Å². The van der Waals surface area contributed by atoms with Gasteiger partial charge in [-0.2, -0.15) is 0 Å². The van der Waals surface area contributed by atoms with E-state index in [1.165, 1.54) is 6.42 Å². The Morgan fingerprint density at radius 3 is 2.38 bits per heavy atom. The molecule has 1 saturated carbocycles. The molecule has 0 radical (unpaired) electrons. The standard InChI is InChI=1S/C7H14O/c1-5-3-7(5)4-6(2)8/h5-8H,3-4H2,1-2H3/t5?,6-,7?/m1/s1. The largest absolute Gasteiger partial charge is 0.393 e. The van der Waals surface area contributed by atoms with Crippen molar-refractivity contribution in [1.82, 2.24) is 0 Å². The van der Waals surface area contributed by atoms with E-state index >= 15 is 0 Å². The molecule has 1 nitrogen and oxygen atoms in total. The van der Waals surface area contributed by atoms with E-state index in [2.05, 4.69) is 6.92 Å². The van der Waals surface area contributed by atoms with Gasteiger partial charge < -0.3 is 5.11 Å². The van der Waals surface area contributed by atoms with Crippen LogP contribution in [0.15, 0.2) is 0 Å². The minimum absolute atomic E-state index is 0.0788. The van der Waals surface area contributed by atoms with Crippen molar-refractivity contribution in [2.75, 3.05) is 0 Å². The zero-order chi connectivity index (χ0) is 6.15. The van der Waals surface area contributed by atoms with Crippen molar-refractivity contribution in [3.8, 4) is 0 Å². The SMILES string of the molecule is CC1CC1C[C@@H](C)O. The first kappa shape index (κ1) is 6.09. The maximum atomic E-state index is 8.88. The zero-order valence-electron chi connectivity index (χ0n) is 5.59. The van der Waals surface area contributed by atoms with Gasteiger partial charge >= 0.3 is 0 Å². The predicted octanol–water partition coefficient (Wildman–Crippen LogP) is 1.41. The van der Waals surface area contributed by atoms with Gasteiger partial charge in [0.2, 0.25) is 0 Å². The summed E-state index contributed by atoms with van der Waals surface area (Å²) in [6.07, 6.45) is 2.27. The minimum Gasteiger partial charge on any atom is -0.393 e. The van der Waals surface area contributed by atoms with E-state index in [0.717, 1.165) is 18.3 Å². The Balaban J connectivity index is 2.05. The van der Waals surface area contributed by atoms with Crippen molar-refractivity contribution in [3.63, 3.8) is 0 Å². The number of hydrogen-bond donors (Lipinski definition) is 1. The highest BCUT2D eigenvalue weighted by atomic mass is 16.3. The van der Waals surface area contributed by atoms with Crippen molar-refractivity contribution in [3.05, 3.63) is 0 Å². The highest BCUT2D eigenvalue weighted by Crippen LogP contribution is 2.41. The molecule has 0 aromatic heterocycles. The lowest BCUT2D eigenvalue weighted by Gasteiger charge is -1.99. The van der Waals surface area contributed by atoms with Crippen LogP contribution in [0.1, 0.15) is 26.7 Å². The molecule has 1 heteroatoms. The van der Waals surface area contributed by atoms with Gasteiger partial charge in [0.1, 0.15) is 0 Å². The third kappa shape index (κ3) is 1.48. The third-order valence-electron chi connectivity index (χ3n) is 1.92. The van der Waals surface area contributed by atoms with Crippen LogP contribution in [-0.2, 0) is 0 Å². The van der Waals surface area contributed by atoms with E-state index in [9.17, 15) is 0 Å². The maximum Gasteiger partial charge on any atom is 0.0514 e. The molecule has 0 heterocycles. The van der Waals surface area contributed by atoms with Crippen LogP contribution >= 0.6 is 0 Å². The molecule has 1 aliphatic carbocycles.